The first kappa shape index (κ1) is 20.9. The zero-order valence-corrected chi connectivity index (χ0v) is 16.7. The summed E-state index contributed by atoms with van der Waals surface area (Å²) in [5, 5.41) is 15.8. The molecule has 1 aromatic carbocycles. The van der Waals surface area contributed by atoms with Crippen molar-refractivity contribution >= 4 is 17.4 Å². The van der Waals surface area contributed by atoms with Crippen LogP contribution in [0.5, 0.6) is 5.88 Å². The lowest BCUT2D eigenvalue weighted by Gasteiger charge is -2.31. The molecular weight excluding hydrogens is 422 g/mol. The van der Waals surface area contributed by atoms with E-state index in [-0.39, 0.29) is 40.9 Å². The van der Waals surface area contributed by atoms with Gasteiger partial charge in [0.2, 0.25) is 12.7 Å². The summed E-state index contributed by atoms with van der Waals surface area (Å²) in [5.41, 5.74) is 5.98. The van der Waals surface area contributed by atoms with E-state index in [0.717, 1.165) is 12.4 Å². The van der Waals surface area contributed by atoms with Gasteiger partial charge in [0.25, 0.3) is 5.91 Å². The van der Waals surface area contributed by atoms with Crippen LogP contribution in [0.2, 0.25) is 0 Å². The first-order valence-electron chi connectivity index (χ1n) is 9.29. The normalized spacial score (nSPS) is 17.1. The van der Waals surface area contributed by atoms with Crippen molar-refractivity contribution in [1.29, 1.82) is 5.26 Å². The van der Waals surface area contributed by atoms with Gasteiger partial charge in [-0.1, -0.05) is 0 Å². The Bertz CT molecular complexity index is 1270. The van der Waals surface area contributed by atoms with Gasteiger partial charge in [0, 0.05) is 17.3 Å². The molecule has 1 amide bonds. The summed E-state index contributed by atoms with van der Waals surface area (Å²) >= 11 is 0. The Balaban J connectivity index is 1.61. The molecule has 0 bridgehead atoms. The Morgan fingerprint density at radius 1 is 1.38 bits per heavy atom. The Morgan fingerprint density at radius 2 is 2.19 bits per heavy atom. The number of halogens is 2. The van der Waals surface area contributed by atoms with Crippen LogP contribution in [-0.2, 0) is 12.1 Å². The van der Waals surface area contributed by atoms with Gasteiger partial charge >= 0.3 is 0 Å². The number of anilines is 1. The molecule has 0 spiro atoms. The number of ether oxygens (including phenoxy) is 1. The van der Waals surface area contributed by atoms with Gasteiger partial charge in [-0.25, -0.2) is 18.7 Å². The number of carbonyl (C=O) groups is 1. The van der Waals surface area contributed by atoms with E-state index in [2.05, 4.69) is 30.1 Å². The molecule has 3 heterocycles. The number of benzene rings is 1. The monoisotopic (exact) mass is 438 g/mol. The molecule has 4 rings (SSSR count). The fourth-order valence-corrected chi connectivity index (χ4v) is 3.37. The Morgan fingerprint density at radius 3 is 2.88 bits per heavy atom. The summed E-state index contributed by atoms with van der Waals surface area (Å²) in [6.45, 7) is 0.748. The van der Waals surface area contributed by atoms with Gasteiger partial charge in [0.15, 0.2) is 5.69 Å². The number of rotatable bonds is 5. The number of amides is 1. The van der Waals surface area contributed by atoms with Gasteiger partial charge in [-0.15, -0.1) is 0 Å². The quantitative estimate of drug-likeness (QED) is 0.619. The molecule has 0 fully saturated rings. The number of nitriles is 1. The maximum Gasteiger partial charge on any atom is 0.275 e. The van der Waals surface area contributed by atoms with Crippen molar-refractivity contribution in [1.82, 2.24) is 19.7 Å². The average molecular weight is 438 g/mol. The van der Waals surface area contributed by atoms with Crippen molar-refractivity contribution in [3.8, 4) is 11.9 Å². The standard InChI is InChI=1S/C20H16F2N8O2/c1-20(9-30-16(18(24)28-20)5-12(6-23)29-30)13-4-11(2-3-14(13)22)27-19(31)15-7-26-17(8-25-15)32-10-21/h2-5,7-8H,9-10H2,1H3,(H2,24,28)(H,27,31)/t20-/m0/s1. The van der Waals surface area contributed by atoms with Crippen LogP contribution in [0.25, 0.3) is 0 Å². The molecule has 1 aliphatic heterocycles. The molecule has 162 valence electrons. The van der Waals surface area contributed by atoms with Gasteiger partial charge < -0.3 is 15.8 Å². The minimum Gasteiger partial charge on any atom is -0.445 e. The topological polar surface area (TPSA) is 144 Å². The molecular formula is C20H16F2N8O2. The number of amidine groups is 1. The number of carbonyl (C=O) groups excluding carboxylic acids is 1. The predicted octanol–water partition coefficient (Wildman–Crippen LogP) is 1.88. The molecule has 1 aliphatic rings. The van der Waals surface area contributed by atoms with E-state index >= 15 is 0 Å². The molecule has 3 N–H and O–H groups in total. The first-order chi connectivity index (χ1) is 15.3. The summed E-state index contributed by atoms with van der Waals surface area (Å²) in [6, 6.07) is 7.48. The van der Waals surface area contributed by atoms with Crippen molar-refractivity contribution in [2.24, 2.45) is 10.7 Å². The minimum atomic E-state index is -1.13. The molecule has 1 atom stereocenters. The zero-order valence-electron chi connectivity index (χ0n) is 16.7. The van der Waals surface area contributed by atoms with E-state index in [1.807, 2.05) is 6.07 Å². The number of hydrogen-bond acceptors (Lipinski definition) is 8. The van der Waals surface area contributed by atoms with Crippen molar-refractivity contribution in [3.05, 3.63) is 65.1 Å². The maximum atomic E-state index is 14.8. The average Bonchev–Trinajstić information content (AvgIpc) is 3.19. The van der Waals surface area contributed by atoms with Crippen molar-refractivity contribution in [3.63, 3.8) is 0 Å². The van der Waals surface area contributed by atoms with E-state index in [1.54, 1.807) is 6.92 Å². The van der Waals surface area contributed by atoms with E-state index in [9.17, 15) is 13.6 Å². The maximum absolute atomic E-state index is 14.8. The number of nitrogens with two attached hydrogens (primary N) is 1. The first-order valence-corrected chi connectivity index (χ1v) is 9.29. The number of nitrogens with one attached hydrogen (secondary N) is 1. The van der Waals surface area contributed by atoms with E-state index < -0.39 is 24.1 Å². The highest BCUT2D eigenvalue weighted by Gasteiger charge is 2.35. The minimum absolute atomic E-state index is 0.0431. The summed E-state index contributed by atoms with van der Waals surface area (Å²) in [5.74, 6) is -1.10. The van der Waals surface area contributed by atoms with Gasteiger partial charge in [0.05, 0.1) is 18.9 Å². The molecule has 0 saturated carbocycles. The van der Waals surface area contributed by atoms with Crippen LogP contribution in [0.1, 0.15) is 34.4 Å². The van der Waals surface area contributed by atoms with Crippen LogP contribution in [0.3, 0.4) is 0 Å². The van der Waals surface area contributed by atoms with Crippen LogP contribution in [0.15, 0.2) is 41.7 Å². The smallest absolute Gasteiger partial charge is 0.275 e. The lowest BCUT2D eigenvalue weighted by Crippen LogP contribution is -2.37. The predicted molar refractivity (Wildman–Crippen MR) is 108 cm³/mol. The van der Waals surface area contributed by atoms with Gasteiger partial charge in [-0.3, -0.25) is 14.5 Å². The van der Waals surface area contributed by atoms with E-state index in [0.29, 0.717) is 5.69 Å². The highest BCUT2D eigenvalue weighted by molar-refractivity contribution is 6.02. The second-order valence-corrected chi connectivity index (χ2v) is 7.10. The zero-order chi connectivity index (χ0) is 22.9. The molecule has 3 aromatic rings. The lowest BCUT2D eigenvalue weighted by molar-refractivity contribution is 0.102. The third-order valence-electron chi connectivity index (χ3n) is 4.85. The third-order valence-corrected chi connectivity index (χ3v) is 4.85. The summed E-state index contributed by atoms with van der Waals surface area (Å²) in [6.07, 6.45) is 2.24. The van der Waals surface area contributed by atoms with Crippen molar-refractivity contribution < 1.29 is 18.3 Å². The third kappa shape index (κ3) is 3.83. The van der Waals surface area contributed by atoms with Crippen molar-refractivity contribution in [2.75, 3.05) is 12.2 Å². The molecule has 0 aliphatic carbocycles. The second-order valence-electron chi connectivity index (χ2n) is 7.10. The Labute approximate surface area is 180 Å². The summed E-state index contributed by atoms with van der Waals surface area (Å²) in [7, 11) is 0. The summed E-state index contributed by atoms with van der Waals surface area (Å²) in [4.78, 5) is 24.6. The number of nitrogens with zero attached hydrogens (tertiary/aromatic N) is 6. The molecule has 12 heteroatoms. The number of hydrogen-bond donors (Lipinski definition) is 2. The van der Waals surface area contributed by atoms with Crippen molar-refractivity contribution in [2.45, 2.75) is 19.0 Å². The van der Waals surface area contributed by atoms with Crippen LogP contribution < -0.4 is 15.8 Å². The number of aliphatic imine (C=N–C) groups is 1. The molecule has 0 saturated heterocycles. The number of aromatic nitrogens is 4. The Kier molecular flexibility index (Phi) is 5.23. The van der Waals surface area contributed by atoms with Gasteiger partial charge in [0.1, 0.15) is 34.6 Å². The van der Waals surface area contributed by atoms with Crippen LogP contribution >= 0.6 is 0 Å². The van der Waals surface area contributed by atoms with E-state index in [1.165, 1.54) is 28.9 Å². The molecule has 10 nitrogen and oxygen atoms in total. The molecule has 0 radical (unpaired) electrons. The van der Waals surface area contributed by atoms with Gasteiger partial charge in [-0.2, -0.15) is 10.4 Å². The fraction of sp³-hybridized carbons (Fsp3) is 0.200. The SMILES string of the molecule is C[C@@]1(c2cc(NC(=O)c3cnc(OCF)cn3)ccc2F)Cn2nc(C#N)cc2C(N)=N1. The summed E-state index contributed by atoms with van der Waals surface area (Å²) < 4.78 is 33.0. The van der Waals surface area contributed by atoms with Crippen LogP contribution in [-0.4, -0.2) is 38.4 Å². The largest absolute Gasteiger partial charge is 0.445 e. The number of fused-ring (bicyclic) bond motifs is 1. The highest BCUT2D eigenvalue weighted by Crippen LogP contribution is 2.34. The second kappa shape index (κ2) is 8.03. The highest BCUT2D eigenvalue weighted by atomic mass is 19.1. The van der Waals surface area contributed by atoms with Gasteiger partial charge in [-0.05, 0) is 25.1 Å². The molecule has 2 aromatic heterocycles. The number of alkyl halides is 1. The fourth-order valence-electron chi connectivity index (χ4n) is 3.37. The molecule has 32 heavy (non-hydrogen) atoms. The van der Waals surface area contributed by atoms with Crippen LogP contribution in [0, 0.1) is 17.1 Å². The van der Waals surface area contributed by atoms with Crippen LogP contribution in [0.4, 0.5) is 14.5 Å². The Hall–Kier alpha value is -4.40. The molecule has 0 unspecified atom stereocenters. The lowest BCUT2D eigenvalue weighted by atomic mass is 9.90. The van der Waals surface area contributed by atoms with E-state index in [4.69, 9.17) is 11.0 Å².